The number of nitrogens with zero attached hydrogens (tertiary/aromatic N) is 4. The number of anilines is 1. The molecule has 0 atom stereocenters. The molecular weight excluding hydrogens is 300 g/mol. The van der Waals surface area contributed by atoms with Gasteiger partial charge in [-0.1, -0.05) is 29.5 Å². The third-order valence-corrected chi connectivity index (χ3v) is 5.13. The maximum atomic E-state index is 5.56. The molecule has 4 nitrogen and oxygen atoms in total. The molecule has 1 aromatic carbocycles. The van der Waals surface area contributed by atoms with E-state index in [1.807, 2.05) is 22.8 Å². The first-order chi connectivity index (χ1) is 10.3. The fourth-order valence-corrected chi connectivity index (χ4v) is 4.19. The van der Waals surface area contributed by atoms with Crippen LogP contribution in [0.1, 0.15) is 12.8 Å². The van der Waals surface area contributed by atoms with E-state index < -0.39 is 0 Å². The zero-order valence-corrected chi connectivity index (χ0v) is 13.0. The van der Waals surface area contributed by atoms with E-state index in [1.165, 1.54) is 12.8 Å². The molecule has 6 heteroatoms. The Morgan fingerprint density at radius 1 is 1.05 bits per heavy atom. The van der Waals surface area contributed by atoms with Crippen LogP contribution in [0.5, 0.6) is 0 Å². The topological polar surface area (TPSA) is 34.0 Å². The van der Waals surface area contributed by atoms with Crippen molar-refractivity contribution in [3.63, 3.8) is 0 Å². The first-order valence-electron chi connectivity index (χ1n) is 7.01. The molecule has 1 aliphatic rings. The van der Waals surface area contributed by atoms with Crippen molar-refractivity contribution < 1.29 is 0 Å². The van der Waals surface area contributed by atoms with Gasteiger partial charge >= 0.3 is 0 Å². The number of aromatic nitrogens is 3. The summed E-state index contributed by atoms with van der Waals surface area (Å²) >= 11 is 7.16. The summed E-state index contributed by atoms with van der Waals surface area (Å²) in [6.45, 7) is 2.14. The van der Waals surface area contributed by atoms with Crippen LogP contribution in [0.25, 0.3) is 16.0 Å². The number of para-hydroxylation sites is 1. The molecule has 106 valence electrons. The molecule has 3 heterocycles. The number of rotatable bonds is 2. The van der Waals surface area contributed by atoms with Crippen LogP contribution in [-0.4, -0.2) is 27.6 Å². The molecule has 1 aliphatic heterocycles. The molecule has 4 rings (SSSR count). The van der Waals surface area contributed by atoms with Crippen molar-refractivity contribution in [2.75, 3.05) is 18.0 Å². The van der Waals surface area contributed by atoms with Gasteiger partial charge in [0.1, 0.15) is 11.0 Å². The fraction of sp³-hybridized carbons (Fsp3) is 0.267. The van der Waals surface area contributed by atoms with E-state index in [2.05, 4.69) is 27.0 Å². The molecule has 0 amide bonds. The van der Waals surface area contributed by atoms with E-state index in [9.17, 15) is 0 Å². The highest BCUT2D eigenvalue weighted by Crippen LogP contribution is 2.32. The van der Waals surface area contributed by atoms with Crippen molar-refractivity contribution >= 4 is 39.7 Å². The molecular formula is C15H14N4S2. The third kappa shape index (κ3) is 2.15. The minimum atomic E-state index is 0.817. The maximum Gasteiger partial charge on any atom is 0.168 e. The Labute approximate surface area is 131 Å². The first-order valence-corrected chi connectivity index (χ1v) is 8.24. The summed E-state index contributed by atoms with van der Waals surface area (Å²) in [6, 6.07) is 10.2. The smallest absolute Gasteiger partial charge is 0.168 e. The van der Waals surface area contributed by atoms with Crippen LogP contribution >= 0.6 is 23.6 Å². The summed E-state index contributed by atoms with van der Waals surface area (Å²) in [5.74, 6) is 1.03. The van der Waals surface area contributed by atoms with E-state index in [0.29, 0.717) is 0 Å². The molecule has 1 saturated heterocycles. The summed E-state index contributed by atoms with van der Waals surface area (Å²) in [7, 11) is 0. The van der Waals surface area contributed by atoms with Crippen LogP contribution in [0, 0.1) is 3.95 Å². The van der Waals surface area contributed by atoms with E-state index in [4.69, 9.17) is 12.2 Å². The van der Waals surface area contributed by atoms with Gasteiger partial charge in [0.05, 0.1) is 0 Å². The lowest BCUT2D eigenvalue weighted by Gasteiger charge is -2.16. The molecule has 0 radical (unpaired) electrons. The highest BCUT2D eigenvalue weighted by molar-refractivity contribution is 7.73. The lowest BCUT2D eigenvalue weighted by molar-refractivity contribution is 0.937. The van der Waals surface area contributed by atoms with Crippen LogP contribution in [0.4, 0.5) is 5.82 Å². The second-order valence-corrected chi connectivity index (χ2v) is 6.73. The Balaban J connectivity index is 1.96. The van der Waals surface area contributed by atoms with Crippen molar-refractivity contribution in [3.8, 4) is 5.69 Å². The van der Waals surface area contributed by atoms with Crippen molar-refractivity contribution in [2.45, 2.75) is 12.8 Å². The molecule has 21 heavy (non-hydrogen) atoms. The molecule has 0 aliphatic carbocycles. The summed E-state index contributed by atoms with van der Waals surface area (Å²) in [4.78, 5) is 11.3. The molecule has 0 N–H and O–H groups in total. The third-order valence-electron chi connectivity index (χ3n) is 3.77. The maximum absolute atomic E-state index is 5.56. The Morgan fingerprint density at radius 2 is 1.81 bits per heavy atom. The van der Waals surface area contributed by atoms with Crippen molar-refractivity contribution in [2.24, 2.45) is 0 Å². The largest absolute Gasteiger partial charge is 0.355 e. The predicted molar refractivity (Wildman–Crippen MR) is 89.0 cm³/mol. The van der Waals surface area contributed by atoms with Gasteiger partial charge < -0.3 is 4.90 Å². The second-order valence-electron chi connectivity index (χ2n) is 5.08. The average Bonchev–Trinajstić information content (AvgIpc) is 3.14. The van der Waals surface area contributed by atoms with Crippen molar-refractivity contribution in [1.29, 1.82) is 0 Å². The lowest BCUT2D eigenvalue weighted by Crippen LogP contribution is -2.19. The Morgan fingerprint density at radius 3 is 2.57 bits per heavy atom. The Kier molecular flexibility index (Phi) is 3.20. The van der Waals surface area contributed by atoms with Gasteiger partial charge in [0.2, 0.25) is 0 Å². The zero-order chi connectivity index (χ0) is 14.2. The molecule has 2 aromatic heterocycles. The van der Waals surface area contributed by atoms with Crippen LogP contribution in [0.2, 0.25) is 0 Å². The standard InChI is InChI=1S/C15H14N4S2/c20-15-19(11-6-2-1-3-7-11)14-12(21-15)13(16-10-17-14)18-8-4-5-9-18/h1-3,6-7,10H,4-5,8-9H2. The van der Waals surface area contributed by atoms with Gasteiger partial charge in [0, 0.05) is 18.8 Å². The molecule has 0 unspecified atom stereocenters. The van der Waals surface area contributed by atoms with Gasteiger partial charge in [0.25, 0.3) is 0 Å². The van der Waals surface area contributed by atoms with E-state index in [-0.39, 0.29) is 0 Å². The van der Waals surface area contributed by atoms with Crippen LogP contribution in [0.15, 0.2) is 36.7 Å². The normalized spacial score (nSPS) is 15.0. The minimum absolute atomic E-state index is 0.817. The highest BCUT2D eigenvalue weighted by atomic mass is 32.1. The monoisotopic (exact) mass is 314 g/mol. The molecule has 0 saturated carbocycles. The van der Waals surface area contributed by atoms with E-state index >= 15 is 0 Å². The Bertz CT molecular complexity index is 832. The fourth-order valence-electron chi connectivity index (χ4n) is 2.78. The number of hydrogen-bond acceptors (Lipinski definition) is 5. The molecule has 0 bridgehead atoms. The number of fused-ring (bicyclic) bond motifs is 1. The van der Waals surface area contributed by atoms with Crippen LogP contribution in [-0.2, 0) is 0 Å². The van der Waals surface area contributed by atoms with Gasteiger partial charge in [-0.15, -0.1) is 0 Å². The Hall–Kier alpha value is -1.79. The lowest BCUT2D eigenvalue weighted by atomic mass is 10.3. The van der Waals surface area contributed by atoms with Gasteiger partial charge in [-0.2, -0.15) is 0 Å². The van der Waals surface area contributed by atoms with Gasteiger partial charge in [0.15, 0.2) is 15.4 Å². The summed E-state index contributed by atoms with van der Waals surface area (Å²) in [5.41, 5.74) is 1.97. The minimum Gasteiger partial charge on any atom is -0.355 e. The van der Waals surface area contributed by atoms with Gasteiger partial charge in [-0.3, -0.25) is 4.57 Å². The van der Waals surface area contributed by atoms with E-state index in [0.717, 1.165) is 38.9 Å². The van der Waals surface area contributed by atoms with Crippen LogP contribution < -0.4 is 4.90 Å². The van der Waals surface area contributed by atoms with Crippen molar-refractivity contribution in [3.05, 3.63) is 40.6 Å². The van der Waals surface area contributed by atoms with Gasteiger partial charge in [-0.25, -0.2) is 9.97 Å². The van der Waals surface area contributed by atoms with Crippen LogP contribution in [0.3, 0.4) is 0 Å². The van der Waals surface area contributed by atoms with Gasteiger partial charge in [-0.05, 0) is 37.2 Å². The SMILES string of the molecule is S=c1sc2c(N3CCCC3)ncnc2n1-c1ccccc1. The van der Waals surface area contributed by atoms with Crippen molar-refractivity contribution in [1.82, 2.24) is 14.5 Å². The zero-order valence-electron chi connectivity index (χ0n) is 11.4. The average molecular weight is 314 g/mol. The number of hydrogen-bond donors (Lipinski definition) is 0. The number of thiazole rings is 1. The molecule has 0 spiro atoms. The van der Waals surface area contributed by atoms with E-state index in [1.54, 1.807) is 17.7 Å². The summed E-state index contributed by atoms with van der Waals surface area (Å²) < 4.78 is 3.95. The summed E-state index contributed by atoms with van der Waals surface area (Å²) in [6.07, 6.45) is 4.11. The summed E-state index contributed by atoms with van der Waals surface area (Å²) in [5, 5.41) is 0. The highest BCUT2D eigenvalue weighted by Gasteiger charge is 2.19. The molecule has 1 fully saturated rings. The molecule has 3 aromatic rings. The predicted octanol–water partition coefficient (Wildman–Crippen LogP) is 3.81. The quantitative estimate of drug-likeness (QED) is 0.674. The number of benzene rings is 1. The second kappa shape index (κ2) is 5.20. The first kappa shape index (κ1) is 12.9.